The van der Waals surface area contributed by atoms with Gasteiger partial charge in [-0.3, -0.25) is 0 Å². The predicted octanol–water partition coefficient (Wildman–Crippen LogP) is 2.84. The first-order chi connectivity index (χ1) is 7.90. The van der Waals surface area contributed by atoms with Crippen LogP contribution in [-0.2, 0) is 11.3 Å². The third-order valence-electron chi connectivity index (χ3n) is 1.95. The number of rotatable bonds is 6. The van der Waals surface area contributed by atoms with E-state index in [0.717, 1.165) is 0 Å². The second-order valence-electron chi connectivity index (χ2n) is 3.35. The number of ether oxygens (including phenoxy) is 1. The standard InChI is InChI=1S/C10H11F3O4/c11-10(12,13)3-1-4-16-6-7-2-5-17-8(7)9(14)15/h2,5H,1,3-4,6H2,(H,14,15). The molecule has 0 saturated carbocycles. The maximum atomic E-state index is 11.8. The van der Waals surface area contributed by atoms with Crippen molar-refractivity contribution in [2.45, 2.75) is 25.6 Å². The van der Waals surface area contributed by atoms with Gasteiger partial charge in [0.15, 0.2) is 0 Å². The number of halogens is 3. The van der Waals surface area contributed by atoms with Gasteiger partial charge in [-0.15, -0.1) is 0 Å². The van der Waals surface area contributed by atoms with Crippen LogP contribution >= 0.6 is 0 Å². The zero-order valence-corrected chi connectivity index (χ0v) is 8.79. The van der Waals surface area contributed by atoms with E-state index in [1.807, 2.05) is 0 Å². The Morgan fingerprint density at radius 2 is 2.18 bits per heavy atom. The van der Waals surface area contributed by atoms with Crippen LogP contribution in [0, 0.1) is 0 Å². The molecule has 0 aliphatic heterocycles. The Morgan fingerprint density at radius 3 is 2.76 bits per heavy atom. The Labute approximate surface area is 95.0 Å². The average molecular weight is 252 g/mol. The first-order valence-corrected chi connectivity index (χ1v) is 4.84. The summed E-state index contributed by atoms with van der Waals surface area (Å²) in [5.41, 5.74) is 0.310. The maximum absolute atomic E-state index is 11.8. The van der Waals surface area contributed by atoms with Crippen LogP contribution in [0.25, 0.3) is 0 Å². The molecule has 1 aromatic heterocycles. The fourth-order valence-corrected chi connectivity index (χ4v) is 1.19. The van der Waals surface area contributed by atoms with E-state index in [1.54, 1.807) is 0 Å². The Balaban J connectivity index is 2.27. The molecule has 0 aliphatic rings. The summed E-state index contributed by atoms with van der Waals surface area (Å²) in [7, 11) is 0. The predicted molar refractivity (Wildman–Crippen MR) is 50.6 cm³/mol. The lowest BCUT2D eigenvalue weighted by molar-refractivity contribution is -0.138. The molecule has 0 aliphatic carbocycles. The van der Waals surface area contributed by atoms with E-state index >= 15 is 0 Å². The number of hydrogen-bond acceptors (Lipinski definition) is 3. The minimum absolute atomic E-state index is 0.0734. The lowest BCUT2D eigenvalue weighted by atomic mass is 10.2. The van der Waals surface area contributed by atoms with Crippen molar-refractivity contribution in [1.29, 1.82) is 0 Å². The number of carboxylic acid groups (broad SMARTS) is 1. The van der Waals surface area contributed by atoms with Crippen molar-refractivity contribution in [3.63, 3.8) is 0 Å². The third-order valence-corrected chi connectivity index (χ3v) is 1.95. The highest BCUT2D eigenvalue weighted by Crippen LogP contribution is 2.21. The molecule has 1 heterocycles. The van der Waals surface area contributed by atoms with E-state index in [0.29, 0.717) is 5.56 Å². The van der Waals surface area contributed by atoms with Crippen LogP contribution in [0.2, 0.25) is 0 Å². The molecule has 1 rings (SSSR count). The summed E-state index contributed by atoms with van der Waals surface area (Å²) in [4.78, 5) is 10.6. The maximum Gasteiger partial charge on any atom is 0.389 e. The van der Waals surface area contributed by atoms with Gasteiger partial charge in [-0.1, -0.05) is 0 Å². The van der Waals surface area contributed by atoms with Crippen molar-refractivity contribution in [2.24, 2.45) is 0 Å². The number of furan rings is 1. The number of alkyl halides is 3. The molecular weight excluding hydrogens is 241 g/mol. The average Bonchev–Trinajstić information content (AvgIpc) is 2.63. The van der Waals surface area contributed by atoms with Crippen molar-refractivity contribution in [1.82, 2.24) is 0 Å². The minimum Gasteiger partial charge on any atom is -0.475 e. The summed E-state index contributed by atoms with van der Waals surface area (Å²) in [5, 5.41) is 8.67. The summed E-state index contributed by atoms with van der Waals surface area (Å²) >= 11 is 0. The van der Waals surface area contributed by atoms with Crippen molar-refractivity contribution < 1.29 is 32.2 Å². The Morgan fingerprint density at radius 1 is 1.47 bits per heavy atom. The van der Waals surface area contributed by atoms with Crippen LogP contribution < -0.4 is 0 Å². The van der Waals surface area contributed by atoms with Gasteiger partial charge in [-0.05, 0) is 12.5 Å². The van der Waals surface area contributed by atoms with Crippen LogP contribution in [0.5, 0.6) is 0 Å². The van der Waals surface area contributed by atoms with E-state index < -0.39 is 18.6 Å². The van der Waals surface area contributed by atoms with Gasteiger partial charge in [0.25, 0.3) is 0 Å². The Hall–Kier alpha value is -1.50. The number of carbonyl (C=O) groups is 1. The van der Waals surface area contributed by atoms with Crippen molar-refractivity contribution in [3.05, 3.63) is 23.7 Å². The smallest absolute Gasteiger partial charge is 0.389 e. The molecule has 0 radical (unpaired) electrons. The second-order valence-corrected chi connectivity index (χ2v) is 3.35. The molecule has 0 fully saturated rings. The van der Waals surface area contributed by atoms with E-state index in [4.69, 9.17) is 9.84 Å². The number of carboxylic acids is 1. The summed E-state index contributed by atoms with van der Waals surface area (Å²) in [5.74, 6) is -1.48. The number of aromatic carboxylic acids is 1. The van der Waals surface area contributed by atoms with Crippen LogP contribution in [0.3, 0.4) is 0 Å². The Bertz CT molecular complexity index is 370. The molecule has 96 valence electrons. The highest BCUT2D eigenvalue weighted by Gasteiger charge is 2.26. The van der Waals surface area contributed by atoms with Gasteiger partial charge in [0, 0.05) is 18.6 Å². The van der Waals surface area contributed by atoms with Gasteiger partial charge < -0.3 is 14.3 Å². The molecule has 7 heteroatoms. The van der Waals surface area contributed by atoms with Crippen LogP contribution in [0.1, 0.15) is 29.0 Å². The monoisotopic (exact) mass is 252 g/mol. The van der Waals surface area contributed by atoms with Crippen LogP contribution in [0.15, 0.2) is 16.7 Å². The van der Waals surface area contributed by atoms with Gasteiger partial charge in [0.1, 0.15) is 0 Å². The third kappa shape index (κ3) is 4.90. The molecule has 0 bridgehead atoms. The lowest BCUT2D eigenvalue weighted by Gasteiger charge is -2.06. The van der Waals surface area contributed by atoms with Crippen LogP contribution in [-0.4, -0.2) is 23.9 Å². The summed E-state index contributed by atoms with van der Waals surface area (Å²) in [6, 6.07) is 1.41. The topological polar surface area (TPSA) is 59.7 Å². The molecule has 4 nitrogen and oxygen atoms in total. The molecule has 0 spiro atoms. The lowest BCUT2D eigenvalue weighted by Crippen LogP contribution is -2.09. The van der Waals surface area contributed by atoms with E-state index in [1.165, 1.54) is 12.3 Å². The van der Waals surface area contributed by atoms with Gasteiger partial charge in [-0.2, -0.15) is 13.2 Å². The minimum atomic E-state index is -4.19. The molecular formula is C10H11F3O4. The van der Waals surface area contributed by atoms with Crippen molar-refractivity contribution in [3.8, 4) is 0 Å². The first-order valence-electron chi connectivity index (χ1n) is 4.84. The largest absolute Gasteiger partial charge is 0.475 e. The molecule has 1 N–H and O–H groups in total. The van der Waals surface area contributed by atoms with E-state index in [9.17, 15) is 18.0 Å². The van der Waals surface area contributed by atoms with Gasteiger partial charge in [0.2, 0.25) is 5.76 Å². The molecule has 0 amide bonds. The SMILES string of the molecule is O=C(O)c1occc1COCCCC(F)(F)F. The fourth-order valence-electron chi connectivity index (χ4n) is 1.19. The summed E-state index contributed by atoms with van der Waals surface area (Å²) in [6.45, 7) is -0.153. The highest BCUT2D eigenvalue weighted by atomic mass is 19.4. The summed E-state index contributed by atoms with van der Waals surface area (Å²) < 4.78 is 45.0. The first kappa shape index (κ1) is 13.6. The molecule has 0 saturated heterocycles. The molecule has 0 unspecified atom stereocenters. The quantitative estimate of drug-likeness (QED) is 0.791. The van der Waals surface area contributed by atoms with Crippen molar-refractivity contribution >= 4 is 5.97 Å². The van der Waals surface area contributed by atoms with Crippen LogP contribution in [0.4, 0.5) is 13.2 Å². The van der Waals surface area contributed by atoms with Gasteiger partial charge in [0.05, 0.1) is 12.9 Å². The summed E-state index contributed by atoms with van der Waals surface area (Å²) in [6.07, 6.45) is -4.06. The zero-order chi connectivity index (χ0) is 12.9. The molecule has 0 atom stereocenters. The molecule has 0 aromatic carbocycles. The van der Waals surface area contributed by atoms with Gasteiger partial charge >= 0.3 is 12.1 Å². The van der Waals surface area contributed by atoms with Gasteiger partial charge in [-0.25, -0.2) is 4.79 Å². The van der Waals surface area contributed by atoms with Crippen molar-refractivity contribution in [2.75, 3.05) is 6.61 Å². The fraction of sp³-hybridized carbons (Fsp3) is 0.500. The molecule has 1 aromatic rings. The second kappa shape index (κ2) is 5.72. The Kier molecular flexibility index (Phi) is 4.56. The normalized spacial score (nSPS) is 11.7. The number of hydrogen-bond donors (Lipinski definition) is 1. The zero-order valence-electron chi connectivity index (χ0n) is 8.79. The highest BCUT2D eigenvalue weighted by molar-refractivity contribution is 5.85. The van der Waals surface area contributed by atoms with E-state index in [2.05, 4.69) is 4.42 Å². The molecule has 17 heavy (non-hydrogen) atoms. The van der Waals surface area contributed by atoms with E-state index in [-0.39, 0.29) is 25.4 Å².